The Kier molecular flexibility index (Phi) is 4.90. The molecule has 4 aromatic rings. The summed E-state index contributed by atoms with van der Waals surface area (Å²) in [5.74, 6) is 0. The second kappa shape index (κ2) is 6.88. The second-order valence-corrected chi connectivity index (χ2v) is 8.44. The molecule has 0 spiro atoms. The third-order valence-electron chi connectivity index (χ3n) is 3.45. The van der Waals surface area contributed by atoms with Gasteiger partial charge in [-0.1, -0.05) is 30.3 Å². The Labute approximate surface area is 142 Å². The zero-order chi connectivity index (χ0) is 14.7. The van der Waals surface area contributed by atoms with Gasteiger partial charge in [0.2, 0.25) is 0 Å². The van der Waals surface area contributed by atoms with Crippen LogP contribution < -0.4 is 0 Å². The molecule has 0 atom stereocenters. The number of benzene rings is 2. The summed E-state index contributed by atoms with van der Waals surface area (Å²) in [6, 6.07) is 21.4. The van der Waals surface area contributed by atoms with Crippen molar-refractivity contribution in [2.24, 2.45) is 0 Å². The van der Waals surface area contributed by atoms with E-state index < -0.39 is 20.8 Å². The normalized spacial score (nSPS) is 10.4. The molecule has 0 saturated heterocycles. The third-order valence-corrected chi connectivity index (χ3v) is 3.45. The van der Waals surface area contributed by atoms with Crippen LogP contribution in [0.3, 0.4) is 0 Å². The van der Waals surface area contributed by atoms with Crippen LogP contribution in [0.25, 0.3) is 27.2 Å². The van der Waals surface area contributed by atoms with E-state index in [0.29, 0.717) is 0 Å². The maximum absolute atomic E-state index is 4.93. The van der Waals surface area contributed by atoms with Crippen LogP contribution in [-0.2, 0) is 20.8 Å². The molecule has 0 aliphatic carbocycles. The van der Waals surface area contributed by atoms with E-state index >= 15 is 0 Å². The molecule has 0 saturated carbocycles. The largest absolute Gasteiger partial charge is 0.341 e. The molecule has 0 aliphatic heterocycles. The molecule has 0 unspecified atom stereocenters. The average Bonchev–Trinajstić information content (AvgIpc) is 3.11. The summed E-state index contributed by atoms with van der Waals surface area (Å²) in [4.78, 5) is 0. The Morgan fingerprint density at radius 1 is 0.810 bits per heavy atom. The van der Waals surface area contributed by atoms with Crippen LogP contribution >= 0.6 is 17.0 Å². The minimum Gasteiger partial charge on any atom is -0.341 e. The standard InChI is InChI=1S/C17H12N.2ClH.Zr/c1-2-6-14-10-17(9-13(14)5-1)18-11-15-7-3-4-8-16(15)12-18;;;/h1-12H;2*1H;/q-1;;;+2/p-2. The average molecular weight is 392 g/mol. The second-order valence-electron chi connectivity index (χ2n) is 4.71. The van der Waals surface area contributed by atoms with E-state index in [2.05, 4.69) is 77.6 Å². The van der Waals surface area contributed by atoms with Gasteiger partial charge in [0.15, 0.2) is 0 Å². The summed E-state index contributed by atoms with van der Waals surface area (Å²) < 4.78 is 2.20. The molecule has 4 rings (SSSR count). The minimum absolute atomic E-state index is 0.826. The molecule has 3 aromatic carbocycles. The molecule has 0 N–H and O–H groups in total. The first-order valence-electron chi connectivity index (χ1n) is 6.50. The van der Waals surface area contributed by atoms with Crippen LogP contribution in [0.2, 0.25) is 0 Å². The fraction of sp³-hybridized carbons (Fsp3) is 0. The molecule has 1 nitrogen and oxygen atoms in total. The Balaban J connectivity index is 0.000000409. The van der Waals surface area contributed by atoms with Crippen molar-refractivity contribution < 1.29 is 20.8 Å². The minimum atomic E-state index is -0.826. The first-order valence-corrected chi connectivity index (χ1v) is 12.8. The van der Waals surface area contributed by atoms with Crippen molar-refractivity contribution in [2.75, 3.05) is 0 Å². The molecule has 0 amide bonds. The van der Waals surface area contributed by atoms with Gasteiger partial charge in [-0.25, -0.2) is 0 Å². The van der Waals surface area contributed by atoms with Gasteiger partial charge >= 0.3 is 37.9 Å². The molecule has 0 fully saturated rings. The first-order chi connectivity index (χ1) is 10.3. The van der Waals surface area contributed by atoms with E-state index in [1.165, 1.54) is 27.2 Å². The van der Waals surface area contributed by atoms with Crippen molar-refractivity contribution in [3.63, 3.8) is 0 Å². The molecule has 0 radical (unpaired) electrons. The van der Waals surface area contributed by atoms with Gasteiger partial charge in [-0.2, -0.15) is 0 Å². The third kappa shape index (κ3) is 3.29. The maximum atomic E-state index is 4.93. The van der Waals surface area contributed by atoms with Gasteiger partial charge in [-0.15, -0.1) is 41.1 Å². The van der Waals surface area contributed by atoms with Gasteiger partial charge in [0.1, 0.15) is 0 Å². The zero-order valence-electron chi connectivity index (χ0n) is 11.1. The SMILES string of the molecule is [Cl][Zr][Cl].c1ccc2cn(-c3cc4ccccc4[cH-]3)cc2c1. The van der Waals surface area contributed by atoms with Crippen molar-refractivity contribution in [1.29, 1.82) is 0 Å². The molecule has 4 heteroatoms. The zero-order valence-corrected chi connectivity index (χ0v) is 15.1. The number of halogens is 2. The van der Waals surface area contributed by atoms with Gasteiger partial charge in [-0.3, -0.25) is 0 Å². The number of hydrogen-bond acceptors (Lipinski definition) is 0. The van der Waals surface area contributed by atoms with Crippen molar-refractivity contribution in [3.05, 3.63) is 73.1 Å². The summed E-state index contributed by atoms with van der Waals surface area (Å²) in [6.07, 6.45) is 4.37. The van der Waals surface area contributed by atoms with Gasteiger partial charge in [0.05, 0.1) is 0 Å². The van der Waals surface area contributed by atoms with E-state index in [1.807, 2.05) is 0 Å². The molecular weight excluding hydrogens is 380 g/mol. The number of nitrogens with zero attached hydrogens (tertiary/aromatic N) is 1. The van der Waals surface area contributed by atoms with E-state index in [9.17, 15) is 0 Å². The van der Waals surface area contributed by atoms with Gasteiger partial charge < -0.3 is 4.57 Å². The van der Waals surface area contributed by atoms with E-state index in [0.717, 1.165) is 0 Å². The molecule has 1 heterocycles. The van der Waals surface area contributed by atoms with Crippen LogP contribution in [-0.4, -0.2) is 4.57 Å². The van der Waals surface area contributed by atoms with Crippen molar-refractivity contribution >= 4 is 38.6 Å². The van der Waals surface area contributed by atoms with Crippen molar-refractivity contribution in [2.45, 2.75) is 0 Å². The number of hydrogen-bond donors (Lipinski definition) is 0. The summed E-state index contributed by atoms with van der Waals surface area (Å²) in [6.45, 7) is 0. The molecule has 1 aromatic heterocycles. The Hall–Kier alpha value is -0.947. The fourth-order valence-electron chi connectivity index (χ4n) is 2.52. The number of aromatic nitrogens is 1. The van der Waals surface area contributed by atoms with Crippen LogP contribution in [0, 0.1) is 0 Å². The molecular formula is C17H12Cl2NZr-. The van der Waals surface area contributed by atoms with Crippen LogP contribution in [0.15, 0.2) is 73.1 Å². The summed E-state index contributed by atoms with van der Waals surface area (Å²) >= 11 is -0.826. The summed E-state index contributed by atoms with van der Waals surface area (Å²) in [7, 11) is 9.87. The summed E-state index contributed by atoms with van der Waals surface area (Å²) in [5, 5.41) is 5.15. The maximum Gasteiger partial charge on any atom is 0.0149 e. The monoisotopic (exact) mass is 390 g/mol. The Bertz CT molecular complexity index is 725. The molecule has 104 valence electrons. The topological polar surface area (TPSA) is 4.93 Å². The Morgan fingerprint density at radius 3 is 1.90 bits per heavy atom. The van der Waals surface area contributed by atoms with Crippen LogP contribution in [0.1, 0.15) is 0 Å². The quantitative estimate of drug-likeness (QED) is 0.357. The predicted molar refractivity (Wildman–Crippen MR) is 88.1 cm³/mol. The van der Waals surface area contributed by atoms with E-state index in [4.69, 9.17) is 17.0 Å². The van der Waals surface area contributed by atoms with Gasteiger partial charge in [0, 0.05) is 12.4 Å². The smallest absolute Gasteiger partial charge is 0.0149 e. The van der Waals surface area contributed by atoms with Gasteiger partial charge in [0.25, 0.3) is 0 Å². The van der Waals surface area contributed by atoms with E-state index in [-0.39, 0.29) is 0 Å². The molecule has 0 aliphatic rings. The first kappa shape index (κ1) is 15.0. The van der Waals surface area contributed by atoms with Gasteiger partial charge in [-0.05, 0) is 16.5 Å². The summed E-state index contributed by atoms with van der Waals surface area (Å²) in [5.41, 5.74) is 1.23. The van der Waals surface area contributed by atoms with Crippen molar-refractivity contribution in [3.8, 4) is 5.69 Å². The number of fused-ring (bicyclic) bond motifs is 2. The van der Waals surface area contributed by atoms with Crippen LogP contribution in [0.5, 0.6) is 0 Å². The molecule has 0 bridgehead atoms. The Morgan fingerprint density at radius 2 is 1.33 bits per heavy atom. The fourth-order valence-corrected chi connectivity index (χ4v) is 2.52. The predicted octanol–water partition coefficient (Wildman–Crippen LogP) is 5.88. The van der Waals surface area contributed by atoms with E-state index in [1.54, 1.807) is 0 Å². The number of rotatable bonds is 1. The van der Waals surface area contributed by atoms with Crippen LogP contribution in [0.4, 0.5) is 0 Å². The molecule has 21 heavy (non-hydrogen) atoms. The van der Waals surface area contributed by atoms with Crippen molar-refractivity contribution in [1.82, 2.24) is 4.57 Å².